The molecule has 8 nitrogen and oxygen atoms in total. The SMILES string of the molecule is O=C(Nc1cc(C(=O)N2CCCC(N3CCNC3=O)C2)ccn1)C1CC1. The van der Waals surface area contributed by atoms with Crippen LogP contribution in [-0.4, -0.2) is 64.9 Å². The second-order valence-corrected chi connectivity index (χ2v) is 7.17. The van der Waals surface area contributed by atoms with E-state index >= 15 is 0 Å². The molecule has 1 aromatic rings. The number of hydrogen-bond donors (Lipinski definition) is 2. The number of amides is 4. The van der Waals surface area contributed by atoms with Crippen molar-refractivity contribution < 1.29 is 14.4 Å². The molecule has 3 heterocycles. The maximum Gasteiger partial charge on any atom is 0.317 e. The summed E-state index contributed by atoms with van der Waals surface area (Å²) >= 11 is 0. The van der Waals surface area contributed by atoms with Gasteiger partial charge in [-0.3, -0.25) is 9.59 Å². The van der Waals surface area contributed by atoms with Crippen molar-refractivity contribution in [3.05, 3.63) is 23.9 Å². The predicted octanol–water partition coefficient (Wildman–Crippen LogP) is 1.06. The van der Waals surface area contributed by atoms with Gasteiger partial charge in [0.1, 0.15) is 5.82 Å². The van der Waals surface area contributed by atoms with Gasteiger partial charge in [-0.15, -0.1) is 0 Å². The highest BCUT2D eigenvalue weighted by atomic mass is 16.2. The predicted molar refractivity (Wildman–Crippen MR) is 94.6 cm³/mol. The number of anilines is 1. The molecule has 1 unspecified atom stereocenters. The van der Waals surface area contributed by atoms with Gasteiger partial charge in [0, 0.05) is 43.9 Å². The molecule has 0 spiro atoms. The number of pyridine rings is 1. The van der Waals surface area contributed by atoms with Crippen LogP contribution < -0.4 is 10.6 Å². The van der Waals surface area contributed by atoms with Gasteiger partial charge in [-0.1, -0.05) is 0 Å². The molecule has 0 aromatic carbocycles. The van der Waals surface area contributed by atoms with E-state index in [9.17, 15) is 14.4 Å². The number of nitrogens with one attached hydrogen (secondary N) is 2. The molecule has 4 amide bonds. The van der Waals surface area contributed by atoms with Crippen LogP contribution >= 0.6 is 0 Å². The summed E-state index contributed by atoms with van der Waals surface area (Å²) in [5.74, 6) is 0.393. The first-order chi connectivity index (χ1) is 12.6. The number of nitrogens with zero attached hydrogens (tertiary/aromatic N) is 3. The van der Waals surface area contributed by atoms with Gasteiger partial charge in [0.05, 0.1) is 6.04 Å². The standard InChI is InChI=1S/C18H23N5O3/c24-16(12-3-4-12)21-15-10-13(5-6-19-15)17(25)22-8-1-2-14(11-22)23-9-7-20-18(23)26/h5-6,10,12,14H,1-4,7-9,11H2,(H,20,26)(H,19,21,24). The summed E-state index contributed by atoms with van der Waals surface area (Å²) in [5, 5.41) is 5.60. The second kappa shape index (κ2) is 6.93. The van der Waals surface area contributed by atoms with Gasteiger partial charge in [-0.2, -0.15) is 0 Å². The fraction of sp³-hybridized carbons (Fsp3) is 0.556. The Hall–Kier alpha value is -2.64. The van der Waals surface area contributed by atoms with E-state index in [1.807, 2.05) is 4.90 Å². The fourth-order valence-corrected chi connectivity index (χ4v) is 3.62. The van der Waals surface area contributed by atoms with E-state index < -0.39 is 0 Å². The summed E-state index contributed by atoms with van der Waals surface area (Å²) < 4.78 is 0. The number of carbonyl (C=O) groups is 3. The van der Waals surface area contributed by atoms with Crippen LogP contribution in [0.1, 0.15) is 36.0 Å². The molecule has 0 bridgehead atoms. The van der Waals surface area contributed by atoms with Crippen LogP contribution in [0.4, 0.5) is 10.6 Å². The van der Waals surface area contributed by atoms with E-state index in [2.05, 4.69) is 15.6 Å². The third kappa shape index (κ3) is 3.49. The van der Waals surface area contributed by atoms with E-state index in [1.165, 1.54) is 0 Å². The van der Waals surface area contributed by atoms with Crippen molar-refractivity contribution in [1.82, 2.24) is 20.1 Å². The Labute approximate surface area is 151 Å². The Morgan fingerprint density at radius 2 is 2.08 bits per heavy atom. The Morgan fingerprint density at radius 1 is 1.23 bits per heavy atom. The summed E-state index contributed by atoms with van der Waals surface area (Å²) in [7, 11) is 0. The maximum absolute atomic E-state index is 12.9. The van der Waals surface area contributed by atoms with Crippen molar-refractivity contribution >= 4 is 23.7 Å². The number of carbonyl (C=O) groups excluding carboxylic acids is 3. The van der Waals surface area contributed by atoms with Crippen molar-refractivity contribution in [3.8, 4) is 0 Å². The lowest BCUT2D eigenvalue weighted by Gasteiger charge is -2.37. The Balaban J connectivity index is 1.43. The van der Waals surface area contributed by atoms with Gasteiger partial charge in [0.25, 0.3) is 5.91 Å². The zero-order valence-electron chi connectivity index (χ0n) is 14.6. The highest BCUT2D eigenvalue weighted by Crippen LogP contribution is 2.30. The zero-order valence-corrected chi connectivity index (χ0v) is 14.6. The van der Waals surface area contributed by atoms with Crippen LogP contribution in [0, 0.1) is 5.92 Å². The molecule has 2 saturated heterocycles. The average molecular weight is 357 g/mol. The summed E-state index contributed by atoms with van der Waals surface area (Å²) in [6.45, 7) is 2.57. The van der Waals surface area contributed by atoms with Crippen molar-refractivity contribution in [2.75, 3.05) is 31.5 Å². The summed E-state index contributed by atoms with van der Waals surface area (Å²) in [5.41, 5.74) is 0.512. The van der Waals surface area contributed by atoms with Gasteiger partial charge in [0.2, 0.25) is 5.91 Å². The van der Waals surface area contributed by atoms with E-state index in [4.69, 9.17) is 0 Å². The van der Waals surface area contributed by atoms with Crippen molar-refractivity contribution in [1.29, 1.82) is 0 Å². The molecular weight excluding hydrogens is 334 g/mol. The summed E-state index contributed by atoms with van der Waals surface area (Å²) in [6.07, 6.45) is 5.17. The van der Waals surface area contributed by atoms with Gasteiger partial charge in [-0.05, 0) is 37.8 Å². The van der Waals surface area contributed by atoms with Gasteiger partial charge < -0.3 is 20.4 Å². The number of hydrogen-bond acceptors (Lipinski definition) is 4. The molecule has 0 radical (unpaired) electrons. The molecule has 4 rings (SSSR count). The largest absolute Gasteiger partial charge is 0.337 e. The first-order valence-electron chi connectivity index (χ1n) is 9.22. The number of piperidine rings is 1. The van der Waals surface area contributed by atoms with Crippen molar-refractivity contribution in [2.24, 2.45) is 5.92 Å². The van der Waals surface area contributed by atoms with Crippen LogP contribution in [0.25, 0.3) is 0 Å². The monoisotopic (exact) mass is 357 g/mol. The van der Waals surface area contributed by atoms with Gasteiger partial charge >= 0.3 is 6.03 Å². The molecule has 3 aliphatic rings. The molecule has 2 aliphatic heterocycles. The Bertz CT molecular complexity index is 733. The van der Waals surface area contributed by atoms with Crippen LogP contribution in [0.3, 0.4) is 0 Å². The minimum absolute atomic E-state index is 0.0276. The molecule has 1 atom stereocenters. The molecule has 1 saturated carbocycles. The lowest BCUT2D eigenvalue weighted by Crippen LogP contribution is -2.50. The molecule has 2 N–H and O–H groups in total. The van der Waals surface area contributed by atoms with Crippen LogP contribution in [0.2, 0.25) is 0 Å². The maximum atomic E-state index is 12.9. The molecule has 1 aliphatic carbocycles. The van der Waals surface area contributed by atoms with Crippen LogP contribution in [0.15, 0.2) is 18.3 Å². The number of likely N-dealkylation sites (tertiary alicyclic amines) is 1. The molecule has 26 heavy (non-hydrogen) atoms. The lowest BCUT2D eigenvalue weighted by atomic mass is 10.0. The first-order valence-corrected chi connectivity index (χ1v) is 9.22. The number of urea groups is 1. The smallest absolute Gasteiger partial charge is 0.317 e. The fourth-order valence-electron chi connectivity index (χ4n) is 3.62. The highest BCUT2D eigenvalue weighted by Gasteiger charge is 2.33. The van der Waals surface area contributed by atoms with Gasteiger partial charge in [-0.25, -0.2) is 9.78 Å². The lowest BCUT2D eigenvalue weighted by molar-refractivity contribution is -0.117. The zero-order chi connectivity index (χ0) is 18.1. The summed E-state index contributed by atoms with van der Waals surface area (Å²) in [6, 6.07) is 3.32. The second-order valence-electron chi connectivity index (χ2n) is 7.17. The van der Waals surface area contributed by atoms with E-state index in [1.54, 1.807) is 23.2 Å². The van der Waals surface area contributed by atoms with Crippen molar-refractivity contribution in [2.45, 2.75) is 31.7 Å². The highest BCUT2D eigenvalue weighted by molar-refractivity contribution is 5.97. The topological polar surface area (TPSA) is 94.6 Å². The first kappa shape index (κ1) is 16.8. The van der Waals surface area contributed by atoms with Crippen LogP contribution in [-0.2, 0) is 4.79 Å². The van der Waals surface area contributed by atoms with E-state index in [-0.39, 0.29) is 29.8 Å². The third-order valence-corrected chi connectivity index (χ3v) is 5.22. The Kier molecular flexibility index (Phi) is 4.48. The third-order valence-electron chi connectivity index (χ3n) is 5.22. The van der Waals surface area contributed by atoms with Crippen molar-refractivity contribution in [3.63, 3.8) is 0 Å². The number of aromatic nitrogens is 1. The minimum atomic E-state index is -0.0846. The molecule has 3 fully saturated rings. The average Bonchev–Trinajstić information content (AvgIpc) is 3.43. The van der Waals surface area contributed by atoms with Gasteiger partial charge in [0.15, 0.2) is 0 Å². The van der Waals surface area contributed by atoms with E-state index in [0.717, 1.165) is 25.7 Å². The normalized spacial score (nSPS) is 22.9. The quantitative estimate of drug-likeness (QED) is 0.842. The van der Waals surface area contributed by atoms with E-state index in [0.29, 0.717) is 37.6 Å². The molecule has 1 aromatic heterocycles. The number of rotatable bonds is 4. The summed E-state index contributed by atoms with van der Waals surface area (Å²) in [4.78, 5) is 44.4. The minimum Gasteiger partial charge on any atom is -0.337 e. The molecule has 138 valence electrons. The van der Waals surface area contributed by atoms with Crippen LogP contribution in [0.5, 0.6) is 0 Å². The molecular formula is C18H23N5O3. The molecule has 8 heteroatoms. The Morgan fingerprint density at radius 3 is 2.81 bits per heavy atom.